The molecule has 0 saturated heterocycles. The Labute approximate surface area is 189 Å². The number of para-hydroxylation sites is 1. The molecule has 1 unspecified atom stereocenters. The Morgan fingerprint density at radius 1 is 1.03 bits per heavy atom. The van der Waals surface area contributed by atoms with E-state index >= 15 is 0 Å². The van der Waals surface area contributed by atoms with Crippen LogP contribution in [0.2, 0.25) is 0 Å². The van der Waals surface area contributed by atoms with Crippen LogP contribution in [-0.2, 0) is 23.9 Å². The summed E-state index contributed by atoms with van der Waals surface area (Å²) in [6, 6.07) is 5.80. The highest BCUT2D eigenvalue weighted by Gasteiger charge is 2.41. The number of nitrogens with one attached hydrogen (secondary N) is 1. The maximum absolute atomic E-state index is 13.0. The molecule has 1 atom stereocenters. The van der Waals surface area contributed by atoms with Gasteiger partial charge in [0.05, 0.1) is 41.3 Å². The van der Waals surface area contributed by atoms with Crippen LogP contribution in [0.5, 0.6) is 0 Å². The standard InChI is InChI=1S/C21H25N3O9/c1-12(2)33-21(26)18-14(4)22-13(3)17(20(25)31-10-7-11-32-24(29)30)19(18)15-8-5-6-9-16(15)23(27)28/h5-6,8-9,12,19,22H,7,10-11H2,1-4H3. The fourth-order valence-corrected chi connectivity index (χ4v) is 3.46. The molecule has 0 saturated carbocycles. The number of allylic oxidation sites excluding steroid dienone is 2. The average molecular weight is 463 g/mol. The second-order valence-corrected chi connectivity index (χ2v) is 7.45. The van der Waals surface area contributed by atoms with Crippen LogP contribution in [0, 0.1) is 20.2 Å². The molecule has 12 heteroatoms. The maximum Gasteiger partial charge on any atom is 0.337 e. The van der Waals surface area contributed by atoms with E-state index in [4.69, 9.17) is 9.47 Å². The van der Waals surface area contributed by atoms with E-state index in [2.05, 4.69) is 10.2 Å². The molecule has 2 rings (SSSR count). The Morgan fingerprint density at radius 3 is 2.21 bits per heavy atom. The largest absolute Gasteiger partial charge is 0.462 e. The van der Waals surface area contributed by atoms with Crippen LogP contribution in [0.1, 0.15) is 45.6 Å². The normalized spacial score (nSPS) is 15.7. The van der Waals surface area contributed by atoms with Gasteiger partial charge in [-0.1, -0.05) is 18.2 Å². The number of rotatable bonds is 10. The highest BCUT2D eigenvalue weighted by Crippen LogP contribution is 2.42. The van der Waals surface area contributed by atoms with Gasteiger partial charge in [0, 0.05) is 29.4 Å². The monoisotopic (exact) mass is 463 g/mol. The zero-order valence-corrected chi connectivity index (χ0v) is 18.7. The zero-order chi connectivity index (χ0) is 24.7. The first kappa shape index (κ1) is 25.3. The Hall–Kier alpha value is -3.96. The summed E-state index contributed by atoms with van der Waals surface area (Å²) in [4.78, 5) is 51.5. The second-order valence-electron chi connectivity index (χ2n) is 7.45. The van der Waals surface area contributed by atoms with Gasteiger partial charge >= 0.3 is 11.9 Å². The van der Waals surface area contributed by atoms with Crippen molar-refractivity contribution in [2.45, 2.75) is 46.1 Å². The summed E-state index contributed by atoms with van der Waals surface area (Å²) in [6.45, 7) is 6.05. The third kappa shape index (κ3) is 6.28. The van der Waals surface area contributed by atoms with Crippen molar-refractivity contribution in [1.82, 2.24) is 5.32 Å². The van der Waals surface area contributed by atoms with E-state index in [0.29, 0.717) is 11.4 Å². The summed E-state index contributed by atoms with van der Waals surface area (Å²) in [6.07, 6.45) is -0.409. The molecule has 0 fully saturated rings. The molecule has 1 aliphatic heterocycles. The number of nitrogens with zero attached hydrogens (tertiary/aromatic N) is 2. The number of dihydropyridines is 1. The van der Waals surface area contributed by atoms with Crippen LogP contribution in [0.3, 0.4) is 0 Å². The highest BCUT2D eigenvalue weighted by atomic mass is 16.9. The molecule has 1 aliphatic rings. The molecule has 1 heterocycles. The number of nitro groups is 1. The van der Waals surface area contributed by atoms with E-state index < -0.39 is 34.0 Å². The predicted octanol–water partition coefficient (Wildman–Crippen LogP) is 2.92. The molecule has 0 spiro atoms. The molecule has 178 valence electrons. The number of nitro benzene ring substituents is 1. The minimum absolute atomic E-state index is 0.000741. The molecule has 1 aromatic rings. The van der Waals surface area contributed by atoms with Gasteiger partial charge < -0.3 is 19.6 Å². The summed E-state index contributed by atoms with van der Waals surface area (Å²) in [7, 11) is 0. The highest BCUT2D eigenvalue weighted by molar-refractivity contribution is 6.00. The average Bonchev–Trinajstić information content (AvgIpc) is 2.71. The third-order valence-corrected chi connectivity index (χ3v) is 4.71. The van der Waals surface area contributed by atoms with Crippen LogP contribution in [0.25, 0.3) is 0 Å². The first-order valence-electron chi connectivity index (χ1n) is 10.1. The fourth-order valence-electron chi connectivity index (χ4n) is 3.46. The van der Waals surface area contributed by atoms with Crippen molar-refractivity contribution in [1.29, 1.82) is 0 Å². The lowest BCUT2D eigenvalue weighted by atomic mass is 9.79. The predicted molar refractivity (Wildman–Crippen MR) is 114 cm³/mol. The third-order valence-electron chi connectivity index (χ3n) is 4.71. The molecule has 0 amide bonds. The van der Waals surface area contributed by atoms with E-state index in [-0.39, 0.29) is 42.0 Å². The summed E-state index contributed by atoms with van der Waals surface area (Å²) in [5, 5.41) is 23.9. The molecule has 0 aromatic heterocycles. The minimum atomic E-state index is -1.12. The van der Waals surface area contributed by atoms with Gasteiger partial charge in [-0.2, -0.15) is 0 Å². The fraction of sp³-hybridized carbons (Fsp3) is 0.429. The van der Waals surface area contributed by atoms with Gasteiger partial charge in [0.25, 0.3) is 10.8 Å². The van der Waals surface area contributed by atoms with Crippen LogP contribution < -0.4 is 5.32 Å². The topological polar surface area (TPSA) is 160 Å². The first-order chi connectivity index (χ1) is 15.5. The lowest BCUT2D eigenvalue weighted by Crippen LogP contribution is -2.33. The summed E-state index contributed by atoms with van der Waals surface area (Å²) < 4.78 is 10.6. The Kier molecular flexibility index (Phi) is 8.49. The Balaban J connectivity index is 2.49. The number of carbonyl (C=O) groups excluding carboxylic acids is 2. The minimum Gasteiger partial charge on any atom is -0.462 e. The van der Waals surface area contributed by atoms with Gasteiger partial charge in [0.1, 0.15) is 0 Å². The van der Waals surface area contributed by atoms with E-state index in [1.165, 1.54) is 18.2 Å². The van der Waals surface area contributed by atoms with Gasteiger partial charge in [-0.15, -0.1) is 10.1 Å². The van der Waals surface area contributed by atoms with Crippen molar-refractivity contribution in [3.63, 3.8) is 0 Å². The molecule has 0 radical (unpaired) electrons. The Bertz CT molecular complexity index is 1010. The smallest absolute Gasteiger partial charge is 0.337 e. The van der Waals surface area contributed by atoms with Crippen molar-refractivity contribution in [2.75, 3.05) is 13.2 Å². The Morgan fingerprint density at radius 2 is 1.64 bits per heavy atom. The van der Waals surface area contributed by atoms with Crippen molar-refractivity contribution >= 4 is 17.6 Å². The summed E-state index contributed by atoms with van der Waals surface area (Å²) in [5.74, 6) is -2.68. The molecule has 1 N–H and O–H groups in total. The summed E-state index contributed by atoms with van der Waals surface area (Å²) >= 11 is 0. The molecule has 0 aliphatic carbocycles. The van der Waals surface area contributed by atoms with Gasteiger partial charge in [-0.25, -0.2) is 9.59 Å². The first-order valence-corrected chi connectivity index (χ1v) is 10.1. The van der Waals surface area contributed by atoms with Crippen LogP contribution in [0.15, 0.2) is 46.8 Å². The number of carbonyl (C=O) groups is 2. The maximum atomic E-state index is 13.0. The molecular formula is C21H25N3O9. The second kappa shape index (κ2) is 11.1. The number of ether oxygens (including phenoxy) is 2. The van der Waals surface area contributed by atoms with Crippen molar-refractivity contribution in [3.05, 3.63) is 72.6 Å². The van der Waals surface area contributed by atoms with Crippen LogP contribution in [-0.4, -0.2) is 41.3 Å². The molecule has 0 bridgehead atoms. The van der Waals surface area contributed by atoms with E-state index in [0.717, 1.165) is 0 Å². The van der Waals surface area contributed by atoms with Crippen molar-refractivity contribution in [2.24, 2.45) is 0 Å². The van der Waals surface area contributed by atoms with Gasteiger partial charge in [-0.3, -0.25) is 10.1 Å². The lowest BCUT2D eigenvalue weighted by Gasteiger charge is -2.30. The number of hydrogen-bond donors (Lipinski definition) is 1. The summed E-state index contributed by atoms with van der Waals surface area (Å²) in [5.41, 5.74) is 0.639. The molecule has 1 aromatic carbocycles. The zero-order valence-electron chi connectivity index (χ0n) is 18.7. The lowest BCUT2D eigenvalue weighted by molar-refractivity contribution is -0.757. The molecule has 12 nitrogen and oxygen atoms in total. The van der Waals surface area contributed by atoms with Crippen molar-refractivity contribution in [3.8, 4) is 0 Å². The molecular weight excluding hydrogens is 438 g/mol. The van der Waals surface area contributed by atoms with Gasteiger partial charge in [0.2, 0.25) is 0 Å². The SMILES string of the molecule is CC1=C(C(=O)OCCCO[N+](=O)[O-])C(c2ccccc2[N+](=O)[O-])C(C(=O)OC(C)C)=C(C)N1. The quantitative estimate of drug-likeness (QED) is 0.236. The van der Waals surface area contributed by atoms with E-state index in [9.17, 15) is 29.8 Å². The van der Waals surface area contributed by atoms with Gasteiger partial charge in [-0.05, 0) is 27.7 Å². The van der Waals surface area contributed by atoms with Crippen molar-refractivity contribution < 1.29 is 33.9 Å². The molecule has 33 heavy (non-hydrogen) atoms. The van der Waals surface area contributed by atoms with E-state index in [1.807, 2.05) is 0 Å². The van der Waals surface area contributed by atoms with E-state index in [1.54, 1.807) is 33.8 Å². The number of esters is 2. The number of benzene rings is 1. The van der Waals surface area contributed by atoms with Crippen LogP contribution in [0.4, 0.5) is 5.69 Å². The number of hydrogen-bond acceptors (Lipinski definition) is 10. The van der Waals surface area contributed by atoms with Crippen LogP contribution >= 0.6 is 0 Å². The van der Waals surface area contributed by atoms with Gasteiger partial charge in [0.15, 0.2) is 0 Å².